The van der Waals surface area contributed by atoms with Gasteiger partial charge in [0.15, 0.2) is 0 Å². The van der Waals surface area contributed by atoms with E-state index in [-0.39, 0.29) is 0 Å². The largest absolute Gasteiger partial charge is 0.355 e. The molecule has 0 heterocycles. The number of nitrogens with zero attached hydrogens (tertiary/aromatic N) is 1. The van der Waals surface area contributed by atoms with Crippen LogP contribution in [0.3, 0.4) is 0 Å². The normalized spacial score (nSPS) is 12.3. The zero-order chi connectivity index (χ0) is 29.6. The summed E-state index contributed by atoms with van der Waals surface area (Å²) >= 11 is 0. The van der Waals surface area contributed by atoms with Crippen LogP contribution in [0, 0.1) is 20.8 Å². The van der Waals surface area contributed by atoms with Gasteiger partial charge in [0.2, 0.25) is 0 Å². The average Bonchev–Trinajstić information content (AvgIpc) is 3.01. The van der Waals surface area contributed by atoms with Gasteiger partial charge in [-0.1, -0.05) is 84.9 Å². The Labute approximate surface area is 254 Å². The number of hydrogen-bond donors (Lipinski definition) is 2. The van der Waals surface area contributed by atoms with Gasteiger partial charge < -0.3 is 10.6 Å². The van der Waals surface area contributed by atoms with Crippen molar-refractivity contribution in [2.24, 2.45) is 4.99 Å². The van der Waals surface area contributed by atoms with Crippen LogP contribution in [0.15, 0.2) is 156 Å². The molecule has 6 rings (SSSR count). The maximum Gasteiger partial charge on any atom is 0.0639 e. The summed E-state index contributed by atoms with van der Waals surface area (Å²) in [6, 6.07) is 42.3. The summed E-state index contributed by atoms with van der Waals surface area (Å²) < 4.78 is 0. The lowest BCUT2D eigenvalue weighted by Crippen LogP contribution is -2.00. The molecule has 0 bridgehead atoms. The molecule has 5 aromatic rings. The van der Waals surface area contributed by atoms with Crippen LogP contribution in [0.4, 0.5) is 28.4 Å². The average molecular weight is 558 g/mol. The summed E-state index contributed by atoms with van der Waals surface area (Å²) in [5, 5.41) is 7.24. The van der Waals surface area contributed by atoms with Crippen LogP contribution in [0.5, 0.6) is 0 Å². The van der Waals surface area contributed by atoms with E-state index in [4.69, 9.17) is 4.99 Å². The summed E-state index contributed by atoms with van der Waals surface area (Å²) in [7, 11) is 0. The van der Waals surface area contributed by atoms with E-state index in [2.05, 4.69) is 165 Å². The minimum absolute atomic E-state index is 0.929. The molecule has 0 fully saturated rings. The quantitative estimate of drug-likeness (QED) is 0.209. The minimum Gasteiger partial charge on any atom is -0.355 e. The highest BCUT2D eigenvalue weighted by molar-refractivity contribution is 6.08. The second-order valence-corrected chi connectivity index (χ2v) is 10.9. The molecule has 3 heteroatoms. The summed E-state index contributed by atoms with van der Waals surface area (Å²) in [4.78, 5) is 4.86. The number of aryl methyl sites for hydroxylation is 3. The van der Waals surface area contributed by atoms with Gasteiger partial charge in [-0.15, -0.1) is 0 Å². The summed E-state index contributed by atoms with van der Waals surface area (Å²) in [6.45, 7) is 6.34. The number of hydrogen-bond acceptors (Lipinski definition) is 3. The highest BCUT2D eigenvalue weighted by atomic mass is 14.9. The lowest BCUT2D eigenvalue weighted by Gasteiger charge is -2.17. The molecule has 2 N–H and O–H groups in total. The fourth-order valence-corrected chi connectivity index (χ4v) is 5.29. The zero-order valence-electron chi connectivity index (χ0n) is 24.8. The van der Waals surface area contributed by atoms with Gasteiger partial charge >= 0.3 is 0 Å². The fraction of sp³-hybridized carbons (Fsp3) is 0.0750. The molecule has 1 aliphatic rings. The van der Waals surface area contributed by atoms with Crippen LogP contribution in [0.1, 0.15) is 27.8 Å². The van der Waals surface area contributed by atoms with Crippen molar-refractivity contribution in [1.82, 2.24) is 0 Å². The van der Waals surface area contributed by atoms with Crippen molar-refractivity contribution >= 4 is 39.7 Å². The molecule has 0 atom stereocenters. The van der Waals surface area contributed by atoms with Crippen molar-refractivity contribution < 1.29 is 0 Å². The third-order valence-electron chi connectivity index (χ3n) is 7.57. The maximum atomic E-state index is 4.86. The van der Waals surface area contributed by atoms with Crippen molar-refractivity contribution in [3.63, 3.8) is 0 Å². The number of rotatable bonds is 7. The Hall–Kier alpha value is -5.41. The van der Waals surface area contributed by atoms with Gasteiger partial charge in [0.05, 0.1) is 11.4 Å². The molecule has 3 nitrogen and oxygen atoms in total. The third-order valence-corrected chi connectivity index (χ3v) is 7.57. The molecule has 0 saturated carbocycles. The Kier molecular flexibility index (Phi) is 8.15. The Morgan fingerprint density at radius 1 is 0.512 bits per heavy atom. The summed E-state index contributed by atoms with van der Waals surface area (Å²) in [5.41, 5.74) is 14.4. The molecule has 5 aromatic carbocycles. The van der Waals surface area contributed by atoms with Crippen LogP contribution in [0.2, 0.25) is 0 Å². The monoisotopic (exact) mass is 557 g/mol. The van der Waals surface area contributed by atoms with Gasteiger partial charge in [-0.25, -0.2) is 4.99 Å². The molecule has 0 amide bonds. The topological polar surface area (TPSA) is 36.4 Å². The SMILES string of the molecule is Cc1cccc(N=C2C=CC(=C(c3cccc(Nc4ccccc4C)c3)c3cccc(Nc4ccccc4C)c3)C=C2)c1. The van der Waals surface area contributed by atoms with Crippen LogP contribution < -0.4 is 10.6 Å². The second-order valence-electron chi connectivity index (χ2n) is 10.9. The molecule has 0 spiro atoms. The first kappa shape index (κ1) is 27.7. The van der Waals surface area contributed by atoms with Crippen molar-refractivity contribution in [1.29, 1.82) is 0 Å². The Morgan fingerprint density at radius 3 is 1.58 bits per heavy atom. The number of benzene rings is 5. The first-order valence-corrected chi connectivity index (χ1v) is 14.6. The molecule has 0 radical (unpaired) electrons. The van der Waals surface area contributed by atoms with Crippen LogP contribution >= 0.6 is 0 Å². The molecule has 1 aliphatic carbocycles. The van der Waals surface area contributed by atoms with Gasteiger partial charge in [-0.3, -0.25) is 0 Å². The minimum atomic E-state index is 0.929. The van der Waals surface area contributed by atoms with E-state index in [1.165, 1.54) is 16.7 Å². The second kappa shape index (κ2) is 12.6. The zero-order valence-corrected chi connectivity index (χ0v) is 24.8. The van der Waals surface area contributed by atoms with Crippen molar-refractivity contribution in [2.75, 3.05) is 10.6 Å². The standard InChI is InChI=1S/C40H35N3/c1-28-11-8-16-35(25-28)41-34-23-21-31(22-24-34)40(32-14-9-17-36(26-32)42-38-19-6-4-12-29(38)2)33-15-10-18-37(27-33)43-39-20-7-5-13-30(39)3/h4-27,42-43H,1-3H3. The van der Waals surface area contributed by atoms with Crippen molar-refractivity contribution in [3.05, 3.63) is 179 Å². The molecular formula is C40H35N3. The van der Waals surface area contributed by atoms with Gasteiger partial charge in [0, 0.05) is 22.7 Å². The van der Waals surface area contributed by atoms with E-state index in [1.807, 2.05) is 12.1 Å². The molecule has 43 heavy (non-hydrogen) atoms. The van der Waals surface area contributed by atoms with E-state index in [0.717, 1.165) is 56.4 Å². The first-order valence-electron chi connectivity index (χ1n) is 14.6. The first-order chi connectivity index (χ1) is 21.0. The van der Waals surface area contributed by atoms with E-state index in [0.29, 0.717) is 0 Å². The number of nitrogens with one attached hydrogen (secondary N) is 2. The summed E-state index contributed by atoms with van der Waals surface area (Å²) in [6.07, 6.45) is 8.55. The van der Waals surface area contributed by atoms with Crippen molar-refractivity contribution in [2.45, 2.75) is 20.8 Å². The molecule has 0 aliphatic heterocycles. The molecule has 0 aromatic heterocycles. The number of anilines is 4. The third kappa shape index (κ3) is 6.74. The molecular weight excluding hydrogens is 522 g/mol. The number of allylic oxidation sites excluding steroid dienone is 5. The van der Waals surface area contributed by atoms with Crippen LogP contribution in [-0.4, -0.2) is 5.71 Å². The Morgan fingerprint density at radius 2 is 1.05 bits per heavy atom. The lowest BCUT2D eigenvalue weighted by molar-refractivity contribution is 1.41. The maximum absolute atomic E-state index is 4.86. The van der Waals surface area contributed by atoms with E-state index < -0.39 is 0 Å². The highest BCUT2D eigenvalue weighted by Crippen LogP contribution is 2.34. The van der Waals surface area contributed by atoms with Crippen molar-refractivity contribution in [3.8, 4) is 0 Å². The fourth-order valence-electron chi connectivity index (χ4n) is 5.29. The van der Waals surface area contributed by atoms with Crippen LogP contribution in [-0.2, 0) is 0 Å². The smallest absolute Gasteiger partial charge is 0.0639 e. The van der Waals surface area contributed by atoms with Gasteiger partial charge in [-0.05, 0) is 120 Å². The Bertz CT molecular complexity index is 1790. The van der Waals surface area contributed by atoms with Gasteiger partial charge in [-0.2, -0.15) is 0 Å². The van der Waals surface area contributed by atoms with Gasteiger partial charge in [0.1, 0.15) is 0 Å². The highest BCUT2D eigenvalue weighted by Gasteiger charge is 2.14. The van der Waals surface area contributed by atoms with E-state index in [9.17, 15) is 0 Å². The number of para-hydroxylation sites is 2. The van der Waals surface area contributed by atoms with E-state index >= 15 is 0 Å². The molecule has 210 valence electrons. The Balaban J connectivity index is 1.41. The van der Waals surface area contributed by atoms with Gasteiger partial charge in [0.25, 0.3) is 0 Å². The predicted octanol–water partition coefficient (Wildman–Crippen LogP) is 10.8. The van der Waals surface area contributed by atoms with Crippen LogP contribution in [0.25, 0.3) is 5.57 Å². The van der Waals surface area contributed by atoms with E-state index in [1.54, 1.807) is 0 Å². The predicted molar refractivity (Wildman–Crippen MR) is 184 cm³/mol. The number of aliphatic imine (C=N–C) groups is 1. The molecule has 0 unspecified atom stereocenters. The molecule has 0 saturated heterocycles. The summed E-state index contributed by atoms with van der Waals surface area (Å²) in [5.74, 6) is 0. The lowest BCUT2D eigenvalue weighted by atomic mass is 9.90.